The zero-order valence-electron chi connectivity index (χ0n) is 16.4. The van der Waals surface area contributed by atoms with E-state index in [4.69, 9.17) is 9.15 Å². The van der Waals surface area contributed by atoms with Crippen molar-refractivity contribution in [3.05, 3.63) is 53.6 Å². The maximum absolute atomic E-state index is 12.5. The van der Waals surface area contributed by atoms with Crippen molar-refractivity contribution in [2.45, 2.75) is 38.2 Å². The number of hydrogen-bond acceptors (Lipinski definition) is 6. The number of nitrogens with one attached hydrogen (secondary N) is 1. The number of anilines is 1. The molecule has 0 fully saturated rings. The molecular formula is C21H23N3O3S. The number of aromatic nitrogens is 2. The average Bonchev–Trinajstić information content (AvgIpc) is 3.14. The molecule has 2 aromatic carbocycles. The maximum atomic E-state index is 12.5. The maximum Gasteiger partial charge on any atom is 0.277 e. The molecule has 1 heterocycles. The molecular weight excluding hydrogens is 374 g/mol. The summed E-state index contributed by atoms with van der Waals surface area (Å²) in [5, 5.41) is 11.1. The third kappa shape index (κ3) is 4.92. The first-order chi connectivity index (χ1) is 13.5. The summed E-state index contributed by atoms with van der Waals surface area (Å²) >= 11 is 1.23. The Morgan fingerprint density at radius 2 is 1.93 bits per heavy atom. The van der Waals surface area contributed by atoms with E-state index in [0.717, 1.165) is 28.1 Å². The van der Waals surface area contributed by atoms with E-state index in [0.29, 0.717) is 17.7 Å². The lowest BCUT2D eigenvalue weighted by molar-refractivity contribution is -0.115. The zero-order chi connectivity index (χ0) is 20.1. The molecule has 0 spiro atoms. The highest BCUT2D eigenvalue weighted by atomic mass is 32.2. The Hall–Kier alpha value is -2.80. The van der Waals surface area contributed by atoms with Crippen molar-refractivity contribution in [1.29, 1.82) is 0 Å². The largest absolute Gasteiger partial charge is 0.494 e. The molecule has 0 saturated carbocycles. The van der Waals surface area contributed by atoms with E-state index < -0.39 is 0 Å². The predicted octanol–water partition coefficient (Wildman–Crippen LogP) is 4.87. The number of carbonyl (C=O) groups is 1. The molecule has 28 heavy (non-hydrogen) atoms. The Morgan fingerprint density at radius 3 is 2.64 bits per heavy atom. The van der Waals surface area contributed by atoms with Crippen LogP contribution in [0, 0.1) is 13.8 Å². The number of ether oxygens (including phenoxy) is 1. The molecule has 1 amide bonds. The van der Waals surface area contributed by atoms with Crippen molar-refractivity contribution >= 4 is 23.4 Å². The number of hydrogen-bond donors (Lipinski definition) is 1. The van der Waals surface area contributed by atoms with Crippen molar-refractivity contribution in [3.8, 4) is 17.2 Å². The number of rotatable bonds is 7. The van der Waals surface area contributed by atoms with Gasteiger partial charge < -0.3 is 14.5 Å². The van der Waals surface area contributed by atoms with E-state index in [1.807, 2.05) is 70.2 Å². The van der Waals surface area contributed by atoms with Gasteiger partial charge in [-0.05, 0) is 69.2 Å². The van der Waals surface area contributed by atoms with Crippen LogP contribution in [0.15, 0.2) is 52.1 Å². The highest BCUT2D eigenvalue weighted by Crippen LogP contribution is 2.28. The Balaban J connectivity index is 1.63. The lowest BCUT2D eigenvalue weighted by Crippen LogP contribution is -2.22. The molecule has 7 heteroatoms. The second-order valence-corrected chi connectivity index (χ2v) is 7.69. The van der Waals surface area contributed by atoms with Crippen molar-refractivity contribution in [1.82, 2.24) is 10.2 Å². The number of carbonyl (C=O) groups excluding carboxylic acids is 1. The summed E-state index contributed by atoms with van der Waals surface area (Å²) in [5.41, 5.74) is 3.73. The highest BCUT2D eigenvalue weighted by Gasteiger charge is 2.19. The standard InChI is InChI=1S/C21H23N3O3S/c1-5-26-17-10-8-16(9-11-17)20-23-24-21(27-20)28-15(4)19(25)22-18-12-13(2)6-7-14(18)3/h6-12,15H,5H2,1-4H3,(H,22,25)/t15-/m0/s1. The Morgan fingerprint density at radius 1 is 1.18 bits per heavy atom. The molecule has 1 N–H and O–H groups in total. The molecule has 0 unspecified atom stereocenters. The van der Waals surface area contributed by atoms with Gasteiger partial charge in [0.25, 0.3) is 5.22 Å². The van der Waals surface area contributed by atoms with Gasteiger partial charge in [-0.1, -0.05) is 23.9 Å². The van der Waals surface area contributed by atoms with Crippen LogP contribution in [-0.4, -0.2) is 28.0 Å². The van der Waals surface area contributed by atoms with Gasteiger partial charge in [0, 0.05) is 11.3 Å². The predicted molar refractivity (Wildman–Crippen MR) is 111 cm³/mol. The molecule has 1 aromatic heterocycles. The van der Waals surface area contributed by atoms with Gasteiger partial charge in [-0.2, -0.15) is 0 Å². The van der Waals surface area contributed by atoms with E-state index in [1.54, 1.807) is 0 Å². The van der Waals surface area contributed by atoms with Gasteiger partial charge in [0.15, 0.2) is 0 Å². The fourth-order valence-electron chi connectivity index (χ4n) is 2.54. The van der Waals surface area contributed by atoms with Crippen LogP contribution in [-0.2, 0) is 4.79 Å². The number of nitrogens with zero attached hydrogens (tertiary/aromatic N) is 2. The van der Waals surface area contributed by atoms with Crippen LogP contribution in [0.3, 0.4) is 0 Å². The van der Waals surface area contributed by atoms with Crippen LogP contribution in [0.1, 0.15) is 25.0 Å². The van der Waals surface area contributed by atoms with Crippen LogP contribution >= 0.6 is 11.8 Å². The van der Waals surface area contributed by atoms with Crippen LogP contribution < -0.4 is 10.1 Å². The van der Waals surface area contributed by atoms with E-state index >= 15 is 0 Å². The molecule has 0 radical (unpaired) electrons. The minimum atomic E-state index is -0.381. The van der Waals surface area contributed by atoms with Crippen molar-refractivity contribution in [2.75, 3.05) is 11.9 Å². The van der Waals surface area contributed by atoms with Crippen molar-refractivity contribution in [3.63, 3.8) is 0 Å². The molecule has 6 nitrogen and oxygen atoms in total. The topological polar surface area (TPSA) is 77.2 Å². The number of thioether (sulfide) groups is 1. The van der Waals surface area contributed by atoms with E-state index in [1.165, 1.54) is 11.8 Å². The first-order valence-corrected chi connectivity index (χ1v) is 9.95. The molecule has 146 valence electrons. The van der Waals surface area contributed by atoms with Gasteiger partial charge in [-0.3, -0.25) is 4.79 Å². The van der Waals surface area contributed by atoms with Crippen LogP contribution in [0.25, 0.3) is 11.5 Å². The summed E-state index contributed by atoms with van der Waals surface area (Å²) in [6.45, 7) is 8.32. The molecule has 0 aliphatic heterocycles. The third-order valence-electron chi connectivity index (χ3n) is 4.12. The Kier molecular flexibility index (Phi) is 6.36. The van der Waals surface area contributed by atoms with Crippen LogP contribution in [0.5, 0.6) is 5.75 Å². The molecule has 3 aromatic rings. The summed E-state index contributed by atoms with van der Waals surface area (Å²) < 4.78 is 11.1. The second kappa shape index (κ2) is 8.93. The number of amides is 1. The average molecular weight is 398 g/mol. The van der Waals surface area contributed by atoms with E-state index in [-0.39, 0.29) is 11.2 Å². The minimum absolute atomic E-state index is 0.112. The molecule has 0 bridgehead atoms. The molecule has 0 aliphatic rings. The van der Waals surface area contributed by atoms with Gasteiger partial charge in [-0.25, -0.2) is 0 Å². The molecule has 1 atom stereocenters. The van der Waals surface area contributed by atoms with Crippen LogP contribution in [0.2, 0.25) is 0 Å². The number of benzene rings is 2. The normalized spacial score (nSPS) is 11.9. The first kappa shape index (κ1) is 19.9. The molecule has 0 saturated heterocycles. The smallest absolute Gasteiger partial charge is 0.277 e. The van der Waals surface area contributed by atoms with Gasteiger partial charge in [0.05, 0.1) is 11.9 Å². The third-order valence-corrected chi connectivity index (χ3v) is 5.05. The zero-order valence-corrected chi connectivity index (χ0v) is 17.2. The van der Waals surface area contributed by atoms with Crippen molar-refractivity contribution < 1.29 is 13.9 Å². The van der Waals surface area contributed by atoms with E-state index in [2.05, 4.69) is 15.5 Å². The minimum Gasteiger partial charge on any atom is -0.494 e. The second-order valence-electron chi connectivity index (χ2n) is 6.40. The Labute approximate surface area is 168 Å². The lowest BCUT2D eigenvalue weighted by atomic mass is 10.1. The van der Waals surface area contributed by atoms with Gasteiger partial charge in [-0.15, -0.1) is 10.2 Å². The fraction of sp³-hybridized carbons (Fsp3) is 0.286. The van der Waals surface area contributed by atoms with Gasteiger partial charge >= 0.3 is 0 Å². The SMILES string of the molecule is CCOc1ccc(-c2nnc(S[C@@H](C)C(=O)Nc3cc(C)ccc3C)o2)cc1. The number of aryl methyl sites for hydroxylation is 2. The molecule has 3 rings (SSSR count). The summed E-state index contributed by atoms with van der Waals surface area (Å²) in [6.07, 6.45) is 0. The lowest BCUT2D eigenvalue weighted by Gasteiger charge is -2.12. The Bertz CT molecular complexity index is 954. The van der Waals surface area contributed by atoms with Gasteiger partial charge in [0.1, 0.15) is 5.75 Å². The van der Waals surface area contributed by atoms with Crippen LogP contribution in [0.4, 0.5) is 5.69 Å². The fourth-order valence-corrected chi connectivity index (χ4v) is 3.23. The monoisotopic (exact) mass is 397 g/mol. The highest BCUT2D eigenvalue weighted by molar-refractivity contribution is 8.00. The first-order valence-electron chi connectivity index (χ1n) is 9.07. The molecule has 0 aliphatic carbocycles. The van der Waals surface area contributed by atoms with E-state index in [9.17, 15) is 4.79 Å². The quantitative estimate of drug-likeness (QED) is 0.573. The summed E-state index contributed by atoms with van der Waals surface area (Å²) in [7, 11) is 0. The summed E-state index contributed by atoms with van der Waals surface area (Å²) in [6, 6.07) is 13.4. The van der Waals surface area contributed by atoms with Gasteiger partial charge in [0.2, 0.25) is 11.8 Å². The summed E-state index contributed by atoms with van der Waals surface area (Å²) in [4.78, 5) is 12.5. The summed E-state index contributed by atoms with van der Waals surface area (Å²) in [5.74, 6) is 1.09. The van der Waals surface area contributed by atoms with Crippen molar-refractivity contribution in [2.24, 2.45) is 0 Å².